The van der Waals surface area contributed by atoms with E-state index >= 15 is 0 Å². The van der Waals surface area contributed by atoms with Gasteiger partial charge in [-0.1, -0.05) is 0 Å². The molecule has 3 aliphatic rings. The number of carbonyl (C=O) groups is 2. The third-order valence-electron chi connectivity index (χ3n) is 5.75. The SMILES string of the molecule is CS(=O)(=O)c1cc(OCC(=O)NC23CCC(NC(=O)O)(CC2)[C@@H](O)C3)ccc1F. The van der Waals surface area contributed by atoms with Crippen LogP contribution in [0.5, 0.6) is 5.75 Å². The minimum Gasteiger partial charge on any atom is -0.484 e. The first-order chi connectivity index (χ1) is 13.4. The molecule has 0 radical (unpaired) electrons. The Morgan fingerprint density at radius 3 is 2.45 bits per heavy atom. The second kappa shape index (κ2) is 7.45. The summed E-state index contributed by atoms with van der Waals surface area (Å²) >= 11 is 0. The average molecular weight is 430 g/mol. The lowest BCUT2D eigenvalue weighted by Crippen LogP contribution is -2.70. The van der Waals surface area contributed by atoms with Gasteiger partial charge >= 0.3 is 6.09 Å². The molecular formula is C18H23FN2O7S. The largest absolute Gasteiger partial charge is 0.484 e. The summed E-state index contributed by atoms with van der Waals surface area (Å²) in [7, 11) is -3.78. The highest BCUT2D eigenvalue weighted by atomic mass is 32.2. The van der Waals surface area contributed by atoms with E-state index in [0.717, 1.165) is 18.4 Å². The molecule has 3 fully saturated rings. The molecule has 9 nitrogen and oxygen atoms in total. The van der Waals surface area contributed by atoms with Crippen LogP contribution in [0.25, 0.3) is 0 Å². The van der Waals surface area contributed by atoms with Gasteiger partial charge in [0.25, 0.3) is 5.91 Å². The van der Waals surface area contributed by atoms with E-state index in [9.17, 15) is 27.5 Å². The Bertz CT molecular complexity index is 926. The van der Waals surface area contributed by atoms with Gasteiger partial charge in [-0.25, -0.2) is 17.6 Å². The van der Waals surface area contributed by atoms with Crippen molar-refractivity contribution in [3.05, 3.63) is 24.0 Å². The van der Waals surface area contributed by atoms with Crippen LogP contribution in [-0.2, 0) is 14.6 Å². The minimum absolute atomic E-state index is 0.0384. The number of amides is 2. The van der Waals surface area contributed by atoms with E-state index in [4.69, 9.17) is 9.84 Å². The Morgan fingerprint density at radius 2 is 1.90 bits per heavy atom. The molecule has 0 aliphatic heterocycles. The third kappa shape index (κ3) is 4.45. The van der Waals surface area contributed by atoms with Crippen LogP contribution in [0.3, 0.4) is 0 Å². The molecule has 1 atom stereocenters. The summed E-state index contributed by atoms with van der Waals surface area (Å²) in [5, 5.41) is 24.7. The van der Waals surface area contributed by atoms with Crippen LogP contribution in [0.2, 0.25) is 0 Å². The van der Waals surface area contributed by atoms with Crippen LogP contribution in [0, 0.1) is 5.82 Å². The molecule has 0 spiro atoms. The number of aliphatic hydroxyl groups is 1. The first-order valence-electron chi connectivity index (χ1n) is 9.07. The van der Waals surface area contributed by atoms with Crippen molar-refractivity contribution in [2.45, 2.75) is 54.2 Å². The van der Waals surface area contributed by atoms with Crippen LogP contribution in [-0.4, -0.2) is 60.7 Å². The van der Waals surface area contributed by atoms with Crippen molar-refractivity contribution in [2.24, 2.45) is 0 Å². The first-order valence-corrected chi connectivity index (χ1v) is 11.0. The van der Waals surface area contributed by atoms with E-state index in [0.29, 0.717) is 25.7 Å². The van der Waals surface area contributed by atoms with Gasteiger partial charge in [0.2, 0.25) is 0 Å². The Labute approximate surface area is 167 Å². The molecule has 29 heavy (non-hydrogen) atoms. The smallest absolute Gasteiger partial charge is 0.405 e. The Balaban J connectivity index is 1.61. The van der Waals surface area contributed by atoms with Gasteiger partial charge in [-0.2, -0.15) is 0 Å². The molecule has 0 unspecified atom stereocenters. The molecule has 0 aromatic heterocycles. The number of halogens is 1. The first kappa shape index (κ1) is 21.3. The molecule has 4 N–H and O–H groups in total. The van der Waals surface area contributed by atoms with Crippen molar-refractivity contribution in [2.75, 3.05) is 12.9 Å². The summed E-state index contributed by atoms with van der Waals surface area (Å²) in [4.78, 5) is 22.9. The van der Waals surface area contributed by atoms with Gasteiger partial charge in [-0.15, -0.1) is 0 Å². The second-order valence-electron chi connectivity index (χ2n) is 7.79. The average Bonchev–Trinajstić information content (AvgIpc) is 2.61. The lowest BCUT2D eigenvalue weighted by Gasteiger charge is -2.55. The third-order valence-corrected chi connectivity index (χ3v) is 6.87. The lowest BCUT2D eigenvalue weighted by molar-refractivity contribution is -0.129. The van der Waals surface area contributed by atoms with Gasteiger partial charge in [-0.05, 0) is 44.2 Å². The van der Waals surface area contributed by atoms with E-state index in [1.54, 1.807) is 0 Å². The summed E-state index contributed by atoms with van der Waals surface area (Å²) in [5.41, 5.74) is -1.53. The van der Waals surface area contributed by atoms with Crippen LogP contribution < -0.4 is 15.4 Å². The number of carboxylic acid groups (broad SMARTS) is 1. The Kier molecular flexibility index (Phi) is 5.48. The van der Waals surface area contributed by atoms with E-state index in [-0.39, 0.29) is 12.2 Å². The van der Waals surface area contributed by atoms with Crippen molar-refractivity contribution in [1.82, 2.24) is 10.6 Å². The van der Waals surface area contributed by atoms with Crippen molar-refractivity contribution in [1.29, 1.82) is 0 Å². The zero-order chi connectivity index (χ0) is 21.4. The van der Waals surface area contributed by atoms with Crippen molar-refractivity contribution in [3.8, 4) is 5.75 Å². The molecule has 2 amide bonds. The van der Waals surface area contributed by atoms with Gasteiger partial charge in [0.05, 0.1) is 11.6 Å². The predicted octanol–water partition coefficient (Wildman–Crippen LogP) is 0.808. The fourth-order valence-corrected chi connectivity index (χ4v) is 4.97. The number of carbonyl (C=O) groups excluding carboxylic acids is 1. The normalized spacial score (nSPS) is 28.6. The molecular weight excluding hydrogens is 407 g/mol. The highest BCUT2D eigenvalue weighted by molar-refractivity contribution is 7.90. The summed E-state index contributed by atoms with van der Waals surface area (Å²) in [6.45, 7) is -0.412. The standard InChI is InChI=1S/C18H23FN2O7S/c1-29(26,27)13-8-11(2-3-12(13)19)28-10-15(23)20-17-4-6-18(7-5-17,14(22)9-17)21-16(24)25/h2-3,8,14,21-22H,4-7,9-10H2,1H3,(H,20,23)(H,24,25)/t14-,17?,18?/m0/s1. The molecule has 3 aliphatic carbocycles. The molecule has 2 bridgehead atoms. The molecule has 0 heterocycles. The zero-order valence-corrected chi connectivity index (χ0v) is 16.6. The number of rotatable bonds is 6. The summed E-state index contributed by atoms with van der Waals surface area (Å²) in [5.74, 6) is -1.33. The van der Waals surface area contributed by atoms with Crippen molar-refractivity contribution >= 4 is 21.8 Å². The number of ether oxygens (including phenoxy) is 1. The van der Waals surface area contributed by atoms with E-state index < -0.39 is 56.3 Å². The van der Waals surface area contributed by atoms with Crippen molar-refractivity contribution in [3.63, 3.8) is 0 Å². The van der Waals surface area contributed by atoms with Crippen LogP contribution in [0.1, 0.15) is 32.1 Å². The Hall–Kier alpha value is -2.40. The van der Waals surface area contributed by atoms with Crippen LogP contribution in [0.15, 0.2) is 23.1 Å². The fraction of sp³-hybridized carbons (Fsp3) is 0.556. The number of aliphatic hydroxyl groups excluding tert-OH is 1. The van der Waals surface area contributed by atoms with Gasteiger partial charge in [0.15, 0.2) is 16.4 Å². The number of sulfone groups is 1. The number of fused-ring (bicyclic) bond motifs is 3. The fourth-order valence-electron chi connectivity index (χ4n) is 4.21. The molecule has 1 aromatic rings. The highest BCUT2D eigenvalue weighted by Gasteiger charge is 2.55. The van der Waals surface area contributed by atoms with E-state index in [2.05, 4.69) is 10.6 Å². The molecule has 4 rings (SSSR count). The topological polar surface area (TPSA) is 142 Å². The summed E-state index contributed by atoms with van der Waals surface area (Å²) in [6, 6.07) is 3.20. The predicted molar refractivity (Wildman–Crippen MR) is 98.9 cm³/mol. The molecule has 0 saturated heterocycles. The van der Waals surface area contributed by atoms with Crippen molar-refractivity contribution < 1.29 is 37.3 Å². The van der Waals surface area contributed by atoms with Gasteiger partial charge in [0.1, 0.15) is 16.5 Å². The maximum Gasteiger partial charge on any atom is 0.405 e. The molecule has 1 aromatic carbocycles. The molecule has 3 saturated carbocycles. The van der Waals surface area contributed by atoms with Crippen LogP contribution >= 0.6 is 0 Å². The Morgan fingerprint density at radius 1 is 1.24 bits per heavy atom. The van der Waals surface area contributed by atoms with E-state index in [1.807, 2.05) is 0 Å². The van der Waals surface area contributed by atoms with Gasteiger partial charge in [-0.3, -0.25) is 4.79 Å². The lowest BCUT2D eigenvalue weighted by atomic mass is 9.60. The van der Waals surface area contributed by atoms with E-state index in [1.165, 1.54) is 6.07 Å². The quantitative estimate of drug-likeness (QED) is 0.523. The van der Waals surface area contributed by atoms with Crippen LogP contribution in [0.4, 0.5) is 9.18 Å². The maximum atomic E-state index is 13.6. The molecule has 11 heteroatoms. The number of benzene rings is 1. The number of hydrogen-bond donors (Lipinski definition) is 4. The second-order valence-corrected chi connectivity index (χ2v) is 9.77. The molecule has 160 valence electrons. The number of nitrogens with one attached hydrogen (secondary N) is 2. The summed E-state index contributed by atoms with van der Waals surface area (Å²) in [6.07, 6.45) is 0.788. The highest BCUT2D eigenvalue weighted by Crippen LogP contribution is 2.47. The minimum atomic E-state index is -3.78. The summed E-state index contributed by atoms with van der Waals surface area (Å²) < 4.78 is 42.1. The maximum absolute atomic E-state index is 13.6. The zero-order valence-electron chi connectivity index (χ0n) is 15.8. The van der Waals surface area contributed by atoms with Gasteiger partial charge < -0.3 is 25.6 Å². The van der Waals surface area contributed by atoms with Gasteiger partial charge in [0, 0.05) is 17.9 Å². The monoisotopic (exact) mass is 430 g/mol. The number of hydrogen-bond acceptors (Lipinski definition) is 6.